The number of esters is 1. The van der Waals surface area contributed by atoms with Gasteiger partial charge in [-0.2, -0.15) is 0 Å². The first-order chi connectivity index (χ1) is 16.5. The lowest BCUT2D eigenvalue weighted by molar-refractivity contribution is -0.119. The molecule has 3 aromatic carbocycles. The Kier molecular flexibility index (Phi) is 7.51. The molecule has 1 fully saturated rings. The Balaban J connectivity index is 1.35. The minimum atomic E-state index is -0.689. The summed E-state index contributed by atoms with van der Waals surface area (Å²) in [5.74, 6) is -1.44. The van der Waals surface area contributed by atoms with Crippen LogP contribution in [0.3, 0.4) is 0 Å². The second kappa shape index (κ2) is 10.9. The van der Waals surface area contributed by atoms with Crippen LogP contribution in [0.4, 0.5) is 11.4 Å². The fraction of sp³-hybridized carbons (Fsp3) is 0.269. The van der Waals surface area contributed by atoms with E-state index in [0.29, 0.717) is 11.4 Å². The van der Waals surface area contributed by atoms with E-state index in [-0.39, 0.29) is 11.5 Å². The molecule has 4 rings (SSSR count). The van der Waals surface area contributed by atoms with Gasteiger partial charge in [0.05, 0.1) is 24.5 Å². The summed E-state index contributed by atoms with van der Waals surface area (Å²) in [6.45, 7) is 5.06. The molecule has 2 amide bonds. The first kappa shape index (κ1) is 23.4. The van der Waals surface area contributed by atoms with Gasteiger partial charge in [0.25, 0.3) is 5.91 Å². The highest BCUT2D eigenvalue weighted by Crippen LogP contribution is 2.25. The van der Waals surface area contributed by atoms with Gasteiger partial charge in [0.1, 0.15) is 0 Å². The molecule has 0 radical (unpaired) electrons. The van der Waals surface area contributed by atoms with Gasteiger partial charge in [-0.25, -0.2) is 4.79 Å². The molecule has 1 saturated heterocycles. The van der Waals surface area contributed by atoms with Crippen molar-refractivity contribution >= 4 is 39.9 Å². The summed E-state index contributed by atoms with van der Waals surface area (Å²) in [6, 6.07) is 18.4. The number of carbonyl (C=O) groups excluding carboxylic acids is 3. The van der Waals surface area contributed by atoms with Gasteiger partial charge < -0.3 is 20.1 Å². The predicted molar refractivity (Wildman–Crippen MR) is 130 cm³/mol. The summed E-state index contributed by atoms with van der Waals surface area (Å²) in [4.78, 5) is 39.0. The van der Waals surface area contributed by atoms with E-state index >= 15 is 0 Å². The van der Waals surface area contributed by atoms with Crippen LogP contribution in [0.1, 0.15) is 22.8 Å². The average Bonchev–Trinajstić information content (AvgIpc) is 2.83. The molecule has 1 aliphatic heterocycles. The van der Waals surface area contributed by atoms with E-state index in [2.05, 4.69) is 15.5 Å². The Morgan fingerprint density at radius 1 is 0.941 bits per heavy atom. The highest BCUT2D eigenvalue weighted by molar-refractivity contribution is 6.06. The topological polar surface area (TPSA) is 97.0 Å². The number of rotatable bonds is 7. The lowest BCUT2D eigenvalue weighted by atomic mass is 10.0. The fourth-order valence-electron chi connectivity index (χ4n) is 3.82. The number of carbonyl (C=O) groups is 3. The van der Waals surface area contributed by atoms with Gasteiger partial charge in [0.15, 0.2) is 6.61 Å². The Morgan fingerprint density at radius 2 is 1.62 bits per heavy atom. The van der Waals surface area contributed by atoms with Crippen LogP contribution in [-0.4, -0.2) is 55.6 Å². The van der Waals surface area contributed by atoms with Crippen molar-refractivity contribution in [3.8, 4) is 0 Å². The zero-order chi connectivity index (χ0) is 23.9. The Labute approximate surface area is 197 Å². The molecule has 0 spiro atoms. The van der Waals surface area contributed by atoms with Gasteiger partial charge in [0, 0.05) is 32.2 Å². The highest BCUT2D eigenvalue weighted by atomic mass is 16.5. The van der Waals surface area contributed by atoms with Crippen molar-refractivity contribution in [2.24, 2.45) is 0 Å². The summed E-state index contributed by atoms with van der Waals surface area (Å²) in [6.07, 6.45) is 0. The monoisotopic (exact) mass is 461 g/mol. The van der Waals surface area contributed by atoms with E-state index in [1.165, 1.54) is 6.92 Å². The SMILES string of the molecule is CC(=O)Nc1cc2ccccc2cc1C(=O)OCC(=O)Nc1ccc(CN2CCOCC2)cc1. The molecule has 2 N–H and O–H groups in total. The van der Waals surface area contributed by atoms with E-state index in [0.717, 1.165) is 49.2 Å². The van der Waals surface area contributed by atoms with Crippen LogP contribution in [0, 0.1) is 0 Å². The van der Waals surface area contributed by atoms with Crippen LogP contribution in [-0.2, 0) is 25.6 Å². The highest BCUT2D eigenvalue weighted by Gasteiger charge is 2.17. The van der Waals surface area contributed by atoms with Crippen LogP contribution in [0.5, 0.6) is 0 Å². The molecule has 0 unspecified atom stereocenters. The summed E-state index contributed by atoms with van der Waals surface area (Å²) in [7, 11) is 0. The van der Waals surface area contributed by atoms with Crippen LogP contribution in [0.2, 0.25) is 0 Å². The second-order valence-corrected chi connectivity index (χ2v) is 8.14. The van der Waals surface area contributed by atoms with Crippen LogP contribution in [0.25, 0.3) is 10.8 Å². The molecule has 1 aliphatic rings. The van der Waals surface area contributed by atoms with Crippen molar-refractivity contribution in [1.82, 2.24) is 4.90 Å². The molecule has 176 valence electrons. The molecule has 0 aliphatic carbocycles. The first-order valence-electron chi connectivity index (χ1n) is 11.1. The lowest BCUT2D eigenvalue weighted by Gasteiger charge is -2.26. The summed E-state index contributed by atoms with van der Waals surface area (Å²) < 4.78 is 10.6. The van der Waals surface area contributed by atoms with E-state index in [1.54, 1.807) is 12.1 Å². The molecule has 34 heavy (non-hydrogen) atoms. The number of hydrogen-bond donors (Lipinski definition) is 2. The zero-order valence-electron chi connectivity index (χ0n) is 19.0. The first-order valence-corrected chi connectivity index (χ1v) is 11.1. The smallest absolute Gasteiger partial charge is 0.340 e. The maximum absolute atomic E-state index is 12.7. The van der Waals surface area contributed by atoms with Gasteiger partial charge in [0.2, 0.25) is 5.91 Å². The Bertz CT molecular complexity index is 1190. The van der Waals surface area contributed by atoms with Crippen molar-refractivity contribution in [3.63, 3.8) is 0 Å². The van der Waals surface area contributed by atoms with Crippen molar-refractivity contribution in [3.05, 3.63) is 71.8 Å². The number of fused-ring (bicyclic) bond motifs is 1. The van der Waals surface area contributed by atoms with E-state index in [4.69, 9.17) is 9.47 Å². The number of morpholine rings is 1. The molecule has 0 saturated carbocycles. The summed E-state index contributed by atoms with van der Waals surface area (Å²) in [5, 5.41) is 7.09. The molecule has 3 aromatic rings. The number of nitrogens with one attached hydrogen (secondary N) is 2. The third kappa shape index (κ3) is 6.18. The third-order valence-corrected chi connectivity index (χ3v) is 5.50. The minimum absolute atomic E-state index is 0.189. The maximum Gasteiger partial charge on any atom is 0.340 e. The Hall–Kier alpha value is -3.75. The predicted octanol–water partition coefficient (Wildman–Crippen LogP) is 3.43. The summed E-state index contributed by atoms with van der Waals surface area (Å²) in [5.41, 5.74) is 2.30. The van der Waals surface area contributed by atoms with E-state index in [1.807, 2.05) is 48.5 Å². The average molecular weight is 462 g/mol. The molecule has 0 bridgehead atoms. The van der Waals surface area contributed by atoms with Gasteiger partial charge in [-0.15, -0.1) is 0 Å². The normalized spacial score (nSPS) is 13.9. The van der Waals surface area contributed by atoms with Crippen molar-refractivity contribution in [2.45, 2.75) is 13.5 Å². The van der Waals surface area contributed by atoms with Crippen LogP contribution in [0.15, 0.2) is 60.7 Å². The third-order valence-electron chi connectivity index (χ3n) is 5.50. The molecule has 0 aromatic heterocycles. The molecular weight excluding hydrogens is 434 g/mol. The van der Waals surface area contributed by atoms with Crippen molar-refractivity contribution in [1.29, 1.82) is 0 Å². The molecule has 1 heterocycles. The Morgan fingerprint density at radius 3 is 2.29 bits per heavy atom. The number of nitrogens with zero attached hydrogens (tertiary/aromatic N) is 1. The molecule has 0 atom stereocenters. The molecular formula is C26H27N3O5. The fourth-order valence-corrected chi connectivity index (χ4v) is 3.82. The van der Waals surface area contributed by atoms with Gasteiger partial charge in [-0.1, -0.05) is 36.4 Å². The number of benzene rings is 3. The number of ether oxygens (including phenoxy) is 2. The quantitative estimate of drug-likeness (QED) is 0.524. The van der Waals surface area contributed by atoms with E-state index < -0.39 is 18.5 Å². The second-order valence-electron chi connectivity index (χ2n) is 8.14. The zero-order valence-corrected chi connectivity index (χ0v) is 19.0. The lowest BCUT2D eigenvalue weighted by Crippen LogP contribution is -2.35. The minimum Gasteiger partial charge on any atom is -0.452 e. The molecule has 8 nitrogen and oxygen atoms in total. The largest absolute Gasteiger partial charge is 0.452 e. The number of hydrogen-bond acceptors (Lipinski definition) is 6. The van der Waals surface area contributed by atoms with Crippen LogP contribution >= 0.6 is 0 Å². The van der Waals surface area contributed by atoms with Gasteiger partial charge in [-0.05, 0) is 40.6 Å². The standard InChI is InChI=1S/C26H27N3O5/c1-18(30)27-24-15-21-5-3-2-4-20(21)14-23(24)26(32)34-17-25(31)28-22-8-6-19(7-9-22)16-29-10-12-33-13-11-29/h2-9,14-15H,10-13,16-17H2,1H3,(H,27,30)(H,28,31). The number of amides is 2. The summed E-state index contributed by atoms with van der Waals surface area (Å²) >= 11 is 0. The van der Waals surface area contributed by atoms with E-state index in [9.17, 15) is 14.4 Å². The van der Waals surface area contributed by atoms with Crippen molar-refractivity contribution < 1.29 is 23.9 Å². The van der Waals surface area contributed by atoms with Gasteiger partial charge in [-0.3, -0.25) is 14.5 Å². The van der Waals surface area contributed by atoms with Crippen molar-refractivity contribution in [2.75, 3.05) is 43.5 Å². The molecule has 8 heteroatoms. The number of anilines is 2. The van der Waals surface area contributed by atoms with Gasteiger partial charge >= 0.3 is 5.97 Å². The van der Waals surface area contributed by atoms with Crippen LogP contribution < -0.4 is 10.6 Å². The maximum atomic E-state index is 12.7.